The molecule has 17 heteroatoms. The van der Waals surface area contributed by atoms with Gasteiger partial charge < -0.3 is 20.2 Å². The highest BCUT2D eigenvalue weighted by Crippen LogP contribution is 2.52. The highest BCUT2D eigenvalue weighted by Gasteiger charge is 2.53. The number of hydrogen-bond donors (Lipinski definition) is 6. The van der Waals surface area contributed by atoms with E-state index in [1.54, 1.807) is 6.07 Å². The zero-order valence-electron chi connectivity index (χ0n) is 37.3. The van der Waals surface area contributed by atoms with Crippen molar-refractivity contribution in [1.29, 1.82) is 0 Å². The number of hydrogen-bond acceptors (Lipinski definition) is 14. The number of allylic oxidation sites excluding steroid dienone is 1. The second-order valence-electron chi connectivity index (χ2n) is 20.3. The van der Waals surface area contributed by atoms with Gasteiger partial charge in [-0.15, -0.1) is 0 Å². The summed E-state index contributed by atoms with van der Waals surface area (Å²) in [6.45, 7) is 8.89. The maximum absolute atomic E-state index is 13.8. The number of nitrogens with zero attached hydrogens (tertiary/aromatic N) is 6. The number of imide groups is 2. The van der Waals surface area contributed by atoms with Gasteiger partial charge >= 0.3 is 0 Å². The van der Waals surface area contributed by atoms with Crippen molar-refractivity contribution in [2.45, 2.75) is 120 Å². The van der Waals surface area contributed by atoms with Crippen molar-refractivity contribution in [3.63, 3.8) is 0 Å². The zero-order valence-corrected chi connectivity index (χ0v) is 37.3. The number of carbonyl (C=O) groups is 5. The van der Waals surface area contributed by atoms with Crippen LogP contribution in [0.5, 0.6) is 0 Å². The first-order valence-electron chi connectivity index (χ1n) is 24.1. The molecule has 1 saturated carbocycles. The van der Waals surface area contributed by atoms with E-state index in [-0.39, 0.29) is 55.2 Å². The number of hydrazine groups is 1. The number of fused-ring (bicyclic) bond motifs is 7. The second-order valence-corrected chi connectivity index (χ2v) is 20.3. The minimum atomic E-state index is -0.961. The average Bonchev–Trinajstić information content (AvgIpc) is 3.71. The lowest BCUT2D eigenvalue weighted by Gasteiger charge is -2.56. The molecule has 8 aliphatic heterocycles. The molecule has 2 aromatic rings. The lowest BCUT2D eigenvalue weighted by atomic mass is 9.60. The predicted molar refractivity (Wildman–Crippen MR) is 243 cm³/mol. The molecule has 0 radical (unpaired) electrons. The van der Waals surface area contributed by atoms with Crippen molar-refractivity contribution in [3.8, 4) is 0 Å². The van der Waals surface area contributed by atoms with E-state index < -0.39 is 29.4 Å². The first-order valence-corrected chi connectivity index (χ1v) is 24.1. The fourth-order valence-corrected chi connectivity index (χ4v) is 12.5. The minimum absolute atomic E-state index is 0.0254. The molecule has 7 atom stereocenters. The third-order valence-corrected chi connectivity index (χ3v) is 16.4. The lowest BCUT2D eigenvalue weighted by molar-refractivity contribution is -0.146. The quantitative estimate of drug-likeness (QED) is 0.183. The summed E-state index contributed by atoms with van der Waals surface area (Å²) < 4.78 is 0. The molecule has 6 N–H and O–H groups in total. The van der Waals surface area contributed by atoms with Crippen LogP contribution < -0.4 is 36.4 Å². The summed E-state index contributed by atoms with van der Waals surface area (Å²) in [5.41, 5.74) is 3.34. The monoisotopic (exact) mass is 889 g/mol. The van der Waals surface area contributed by atoms with Gasteiger partial charge in [-0.25, -0.2) is 0 Å². The Kier molecular flexibility index (Phi) is 11.0. The summed E-state index contributed by atoms with van der Waals surface area (Å²) in [7, 11) is 0. The molecule has 65 heavy (non-hydrogen) atoms. The summed E-state index contributed by atoms with van der Waals surface area (Å²) in [6.07, 6.45) is 12.9. The molecule has 9 aliphatic rings. The van der Waals surface area contributed by atoms with Crippen LogP contribution in [0.15, 0.2) is 54.6 Å². The Morgan fingerprint density at radius 3 is 2.29 bits per heavy atom. The van der Waals surface area contributed by atoms with Crippen LogP contribution in [-0.4, -0.2) is 149 Å². The van der Waals surface area contributed by atoms with E-state index >= 15 is 0 Å². The van der Waals surface area contributed by atoms with Crippen LogP contribution >= 0.6 is 0 Å². The first-order chi connectivity index (χ1) is 31.4. The van der Waals surface area contributed by atoms with E-state index in [0.717, 1.165) is 94.1 Å². The molecular formula is C48H63N11O6. The van der Waals surface area contributed by atoms with Gasteiger partial charge in [0, 0.05) is 81.4 Å². The van der Waals surface area contributed by atoms with Crippen LogP contribution in [-0.2, 0) is 14.4 Å². The summed E-state index contributed by atoms with van der Waals surface area (Å²) >= 11 is 0. The first kappa shape index (κ1) is 42.7. The van der Waals surface area contributed by atoms with Gasteiger partial charge in [0.15, 0.2) is 0 Å². The van der Waals surface area contributed by atoms with Crippen LogP contribution in [0.4, 0.5) is 17.1 Å². The summed E-state index contributed by atoms with van der Waals surface area (Å²) in [5.74, 6) is -1.98. The van der Waals surface area contributed by atoms with E-state index in [2.05, 4.69) is 82.7 Å². The van der Waals surface area contributed by atoms with Crippen LogP contribution in [0.3, 0.4) is 0 Å². The summed E-state index contributed by atoms with van der Waals surface area (Å²) in [4.78, 5) is 73.1. The Labute approximate surface area is 380 Å². The highest BCUT2D eigenvalue weighted by molar-refractivity contribution is 6.23. The maximum atomic E-state index is 13.8. The molecule has 346 valence electrons. The Morgan fingerprint density at radius 1 is 0.785 bits per heavy atom. The number of amides is 5. The van der Waals surface area contributed by atoms with Gasteiger partial charge in [-0.3, -0.25) is 60.0 Å². The fourth-order valence-electron chi connectivity index (χ4n) is 12.5. The molecule has 1 aliphatic carbocycles. The number of carbonyl (C=O) groups excluding carboxylic acids is 5. The maximum Gasteiger partial charge on any atom is 0.262 e. The van der Waals surface area contributed by atoms with Gasteiger partial charge in [-0.05, 0) is 119 Å². The van der Waals surface area contributed by atoms with Crippen LogP contribution in [0, 0.1) is 11.3 Å². The van der Waals surface area contributed by atoms with E-state index in [4.69, 9.17) is 0 Å². The van der Waals surface area contributed by atoms with E-state index in [1.165, 1.54) is 18.5 Å². The molecule has 17 nitrogen and oxygen atoms in total. The number of anilines is 3. The molecule has 0 aromatic heterocycles. The summed E-state index contributed by atoms with van der Waals surface area (Å²) in [6, 6.07) is 13.8. The molecule has 6 unspecified atom stereocenters. The van der Waals surface area contributed by atoms with Crippen molar-refractivity contribution in [2.75, 3.05) is 67.5 Å². The minimum Gasteiger partial charge on any atom is -0.389 e. The number of rotatable bonds is 6. The number of benzene rings is 2. The molecule has 7 fully saturated rings. The van der Waals surface area contributed by atoms with Gasteiger partial charge in [-0.1, -0.05) is 12.2 Å². The molecule has 1 spiro atoms. The molecule has 8 heterocycles. The Hall–Kier alpha value is -4.91. The van der Waals surface area contributed by atoms with Crippen molar-refractivity contribution >= 4 is 46.6 Å². The van der Waals surface area contributed by atoms with Crippen LogP contribution in [0.25, 0.3) is 0 Å². The van der Waals surface area contributed by atoms with Crippen molar-refractivity contribution in [3.05, 3.63) is 65.7 Å². The Balaban J connectivity index is 0.648. The number of piperazine rings is 1. The topological polar surface area (TPSA) is 185 Å². The van der Waals surface area contributed by atoms with E-state index in [1.807, 2.05) is 24.1 Å². The normalized spacial score (nSPS) is 33.8. The summed E-state index contributed by atoms with van der Waals surface area (Å²) in [5, 5.41) is 32.4. The van der Waals surface area contributed by atoms with Gasteiger partial charge in [0.05, 0.1) is 41.5 Å². The molecular weight excluding hydrogens is 827 g/mol. The Bertz CT molecular complexity index is 2250. The van der Waals surface area contributed by atoms with Gasteiger partial charge in [0.1, 0.15) is 12.3 Å². The predicted octanol–water partition coefficient (Wildman–Crippen LogP) is 2.12. The van der Waals surface area contributed by atoms with Crippen LogP contribution in [0.1, 0.15) is 98.3 Å². The van der Waals surface area contributed by atoms with E-state index in [9.17, 15) is 29.1 Å². The lowest BCUT2D eigenvalue weighted by Crippen LogP contribution is -2.69. The molecule has 6 saturated heterocycles. The average molecular weight is 890 g/mol. The Morgan fingerprint density at radius 2 is 1.52 bits per heavy atom. The largest absolute Gasteiger partial charge is 0.389 e. The third kappa shape index (κ3) is 7.80. The van der Waals surface area contributed by atoms with Crippen molar-refractivity contribution in [1.82, 2.24) is 41.1 Å². The zero-order chi connectivity index (χ0) is 44.6. The van der Waals surface area contributed by atoms with Gasteiger partial charge in [0.25, 0.3) is 11.8 Å². The second kappa shape index (κ2) is 16.8. The number of aliphatic hydroxyl groups is 1. The molecule has 2 aromatic carbocycles. The van der Waals surface area contributed by atoms with Crippen molar-refractivity contribution in [2.24, 2.45) is 11.3 Å². The van der Waals surface area contributed by atoms with Gasteiger partial charge in [0.2, 0.25) is 17.7 Å². The van der Waals surface area contributed by atoms with Crippen molar-refractivity contribution < 1.29 is 29.1 Å². The third-order valence-electron chi connectivity index (χ3n) is 16.4. The van der Waals surface area contributed by atoms with Crippen LogP contribution in [0.2, 0.25) is 0 Å². The SMILES string of the molecule is C[C@@]1(O)CC/C=C\CN2C(=O)C3CNC(Nc4ccc(N5CCN(C6CC7(CCN(c8ccc9c(c8)C(=O)N(C8CCC(=O)NC8=O)C9=O)CC7)C6)CC5)cc4)NC3N2C2CCCC1N2. The number of nitrogens with one attached hydrogen (secondary N) is 5. The van der Waals surface area contributed by atoms with Gasteiger partial charge in [-0.2, -0.15) is 5.01 Å². The standard InChI is InChI=1S/C48H63N11O6/c1-47(65)16-3-2-4-19-57-43(62)36-29-49-46(53-41(36)59(57)39-7-5-6-38(47)51-39)50-30-8-10-31(11-9-30)55-22-24-56(25-23-55)33-27-48(28-33)17-20-54(21-18-48)32-12-13-34-35(26-32)45(64)58(44(34)63)37-14-15-40(60)52-42(37)61/h2,4,8-13,26,33,36-39,41,46,49-51,53,65H,3,5-7,14-25,27-29H2,1H3,(H,52,60,61)/b4-2-/t36?,37?,38?,39?,41?,46?,47-/m1/s1. The fraction of sp³-hybridized carbons (Fsp3) is 0.604. The number of piperidine rings is 3. The van der Waals surface area contributed by atoms with E-state index in [0.29, 0.717) is 42.1 Å². The molecule has 5 amide bonds. The molecule has 2 bridgehead atoms. The highest BCUT2D eigenvalue weighted by atomic mass is 16.3. The smallest absolute Gasteiger partial charge is 0.262 e. The molecule has 11 rings (SSSR count).